The molecule has 0 aliphatic heterocycles. The zero-order valence-electron chi connectivity index (χ0n) is 9.40. The predicted molar refractivity (Wildman–Crippen MR) is 59.9 cm³/mol. The van der Waals surface area contributed by atoms with Crippen LogP contribution in [0.2, 0.25) is 0 Å². The fourth-order valence-electron chi connectivity index (χ4n) is 0.916. The number of nitriles is 1. The maximum absolute atomic E-state index is 11.3. The topological polar surface area (TPSA) is 75.0 Å². The van der Waals surface area contributed by atoms with Crippen LogP contribution in [0.3, 0.4) is 0 Å². The Morgan fingerprint density at radius 2 is 2.38 bits per heavy atom. The molecule has 1 heterocycles. The monoisotopic (exact) mass is 239 g/mol. The van der Waals surface area contributed by atoms with Crippen molar-refractivity contribution in [1.29, 1.82) is 5.26 Å². The zero-order valence-corrected chi connectivity index (χ0v) is 10.2. The molecule has 5 nitrogen and oxygen atoms in total. The molecule has 0 atom stereocenters. The van der Waals surface area contributed by atoms with Crippen LogP contribution in [0.5, 0.6) is 0 Å². The molecule has 16 heavy (non-hydrogen) atoms. The summed E-state index contributed by atoms with van der Waals surface area (Å²) in [4.78, 5) is 15.3. The normalized spacial score (nSPS) is 10.6. The number of aromatic nitrogens is 1. The molecule has 0 fully saturated rings. The van der Waals surface area contributed by atoms with Crippen LogP contribution in [-0.2, 0) is 11.3 Å². The van der Waals surface area contributed by atoms with Crippen molar-refractivity contribution in [2.45, 2.75) is 32.9 Å². The van der Waals surface area contributed by atoms with Gasteiger partial charge in [0.05, 0.1) is 12.2 Å². The lowest BCUT2D eigenvalue weighted by Crippen LogP contribution is -2.32. The number of hydrogen-bond donors (Lipinski definition) is 1. The van der Waals surface area contributed by atoms with Gasteiger partial charge in [0, 0.05) is 5.38 Å². The number of nitrogens with zero attached hydrogens (tertiary/aromatic N) is 2. The van der Waals surface area contributed by atoms with E-state index >= 15 is 0 Å². The van der Waals surface area contributed by atoms with Crippen molar-refractivity contribution in [2.75, 3.05) is 0 Å². The first-order valence-electron chi connectivity index (χ1n) is 4.72. The smallest absolute Gasteiger partial charge is 0.407 e. The summed E-state index contributed by atoms with van der Waals surface area (Å²) in [7, 11) is 0. The summed E-state index contributed by atoms with van der Waals surface area (Å²) in [5.41, 5.74) is 0.150. The Balaban J connectivity index is 2.41. The summed E-state index contributed by atoms with van der Waals surface area (Å²) in [5.74, 6) is 0. The number of hydrogen-bond acceptors (Lipinski definition) is 5. The zero-order chi connectivity index (χ0) is 12.2. The minimum atomic E-state index is -0.510. The number of carbonyl (C=O) groups is 1. The van der Waals surface area contributed by atoms with Crippen LogP contribution in [0.4, 0.5) is 4.79 Å². The second-order valence-corrected chi connectivity index (χ2v) is 4.97. The van der Waals surface area contributed by atoms with Crippen molar-refractivity contribution >= 4 is 17.4 Å². The van der Waals surface area contributed by atoms with E-state index in [4.69, 9.17) is 10.00 Å². The highest BCUT2D eigenvalue weighted by Gasteiger charge is 2.15. The van der Waals surface area contributed by atoms with Crippen molar-refractivity contribution in [3.05, 3.63) is 16.1 Å². The standard InChI is InChI=1S/C10H13N3O2S/c1-10(2,3)15-9(14)12-5-7-6-16-8(4-11)13-7/h6H,5H2,1-3H3,(H,12,14). The highest BCUT2D eigenvalue weighted by Crippen LogP contribution is 2.09. The Hall–Kier alpha value is -1.61. The largest absolute Gasteiger partial charge is 0.444 e. The molecule has 0 unspecified atom stereocenters. The van der Waals surface area contributed by atoms with E-state index in [-0.39, 0.29) is 6.54 Å². The van der Waals surface area contributed by atoms with Crippen LogP contribution < -0.4 is 5.32 Å². The molecule has 0 radical (unpaired) electrons. The van der Waals surface area contributed by atoms with Crippen LogP contribution in [0.1, 0.15) is 31.5 Å². The molecule has 86 valence electrons. The number of ether oxygens (including phenoxy) is 1. The molecular formula is C10H13N3O2S. The van der Waals surface area contributed by atoms with Crippen molar-refractivity contribution in [1.82, 2.24) is 10.3 Å². The Kier molecular flexibility index (Phi) is 3.85. The SMILES string of the molecule is CC(C)(C)OC(=O)NCc1csc(C#N)n1. The highest BCUT2D eigenvalue weighted by atomic mass is 32.1. The molecule has 1 N–H and O–H groups in total. The van der Waals surface area contributed by atoms with Crippen molar-refractivity contribution in [2.24, 2.45) is 0 Å². The number of amides is 1. The fraction of sp³-hybridized carbons (Fsp3) is 0.500. The Morgan fingerprint density at radius 1 is 1.69 bits per heavy atom. The number of nitrogens with one attached hydrogen (secondary N) is 1. The van der Waals surface area contributed by atoms with Gasteiger partial charge in [-0.2, -0.15) is 5.26 Å². The third-order valence-corrected chi connectivity index (χ3v) is 2.26. The molecule has 1 rings (SSSR count). The fourth-order valence-corrected chi connectivity index (χ4v) is 1.52. The predicted octanol–water partition coefficient (Wildman–Crippen LogP) is 2.04. The van der Waals surface area contributed by atoms with Gasteiger partial charge in [-0.05, 0) is 20.8 Å². The minimum absolute atomic E-state index is 0.271. The lowest BCUT2D eigenvalue weighted by molar-refractivity contribution is 0.0523. The Labute approximate surface area is 98.1 Å². The second kappa shape index (κ2) is 4.94. The average molecular weight is 239 g/mol. The lowest BCUT2D eigenvalue weighted by Gasteiger charge is -2.19. The molecule has 0 aliphatic rings. The molecule has 1 aromatic rings. The molecule has 6 heteroatoms. The number of carbonyl (C=O) groups excluding carboxylic acids is 1. The van der Waals surface area contributed by atoms with E-state index in [1.165, 1.54) is 11.3 Å². The summed E-state index contributed by atoms with van der Waals surface area (Å²) in [5, 5.41) is 13.3. The number of thiazole rings is 1. The summed E-state index contributed by atoms with van der Waals surface area (Å²) < 4.78 is 5.05. The first-order valence-corrected chi connectivity index (χ1v) is 5.60. The van der Waals surface area contributed by atoms with E-state index in [1.54, 1.807) is 26.2 Å². The van der Waals surface area contributed by atoms with E-state index in [0.29, 0.717) is 10.7 Å². The van der Waals surface area contributed by atoms with Gasteiger partial charge in [0.1, 0.15) is 11.7 Å². The van der Waals surface area contributed by atoms with Crippen LogP contribution in [0.25, 0.3) is 0 Å². The summed E-state index contributed by atoms with van der Waals surface area (Å²) in [6.07, 6.45) is -0.487. The maximum Gasteiger partial charge on any atom is 0.407 e. The van der Waals surface area contributed by atoms with Gasteiger partial charge >= 0.3 is 6.09 Å². The third-order valence-electron chi connectivity index (χ3n) is 1.46. The summed E-state index contributed by atoms with van der Waals surface area (Å²) >= 11 is 1.25. The summed E-state index contributed by atoms with van der Waals surface area (Å²) in [6.45, 7) is 5.66. The van der Waals surface area contributed by atoms with Gasteiger partial charge < -0.3 is 10.1 Å². The molecular weight excluding hydrogens is 226 g/mol. The van der Waals surface area contributed by atoms with Crippen LogP contribution in [0, 0.1) is 11.3 Å². The van der Waals surface area contributed by atoms with Gasteiger partial charge in [0.25, 0.3) is 0 Å². The molecule has 0 spiro atoms. The van der Waals surface area contributed by atoms with E-state index in [0.717, 1.165) is 0 Å². The van der Waals surface area contributed by atoms with Crippen LogP contribution >= 0.6 is 11.3 Å². The van der Waals surface area contributed by atoms with Crippen molar-refractivity contribution in [3.8, 4) is 6.07 Å². The molecule has 0 saturated carbocycles. The van der Waals surface area contributed by atoms with Gasteiger partial charge in [0.2, 0.25) is 0 Å². The maximum atomic E-state index is 11.3. The van der Waals surface area contributed by atoms with Gasteiger partial charge in [0.15, 0.2) is 5.01 Å². The van der Waals surface area contributed by atoms with Crippen molar-refractivity contribution < 1.29 is 9.53 Å². The van der Waals surface area contributed by atoms with E-state index in [2.05, 4.69) is 10.3 Å². The second-order valence-electron chi connectivity index (χ2n) is 4.11. The van der Waals surface area contributed by atoms with E-state index in [1.807, 2.05) is 6.07 Å². The summed E-state index contributed by atoms with van der Waals surface area (Å²) in [6, 6.07) is 1.94. The number of alkyl carbamates (subject to hydrolysis) is 1. The molecule has 0 saturated heterocycles. The van der Waals surface area contributed by atoms with Gasteiger partial charge in [-0.15, -0.1) is 11.3 Å². The van der Waals surface area contributed by atoms with Gasteiger partial charge in [-0.3, -0.25) is 0 Å². The van der Waals surface area contributed by atoms with E-state index in [9.17, 15) is 4.79 Å². The average Bonchev–Trinajstić information content (AvgIpc) is 2.59. The highest BCUT2D eigenvalue weighted by molar-refractivity contribution is 7.10. The van der Waals surface area contributed by atoms with Crippen LogP contribution in [0.15, 0.2) is 5.38 Å². The molecule has 1 amide bonds. The molecule has 1 aromatic heterocycles. The first-order chi connectivity index (χ1) is 7.40. The van der Waals surface area contributed by atoms with Gasteiger partial charge in [-0.25, -0.2) is 9.78 Å². The van der Waals surface area contributed by atoms with Crippen molar-refractivity contribution in [3.63, 3.8) is 0 Å². The third kappa shape index (κ3) is 4.28. The van der Waals surface area contributed by atoms with Crippen LogP contribution in [-0.4, -0.2) is 16.7 Å². The minimum Gasteiger partial charge on any atom is -0.444 e. The quantitative estimate of drug-likeness (QED) is 0.856. The lowest BCUT2D eigenvalue weighted by atomic mass is 10.2. The van der Waals surface area contributed by atoms with E-state index < -0.39 is 11.7 Å². The molecule has 0 bridgehead atoms. The number of rotatable bonds is 2. The van der Waals surface area contributed by atoms with Gasteiger partial charge in [-0.1, -0.05) is 0 Å². The molecule has 0 aliphatic carbocycles. The molecule has 0 aromatic carbocycles. The Morgan fingerprint density at radius 3 is 2.88 bits per heavy atom. The first kappa shape index (κ1) is 12.5. The Bertz CT molecular complexity index is 414.